The minimum absolute atomic E-state index is 0.0478. The van der Waals surface area contributed by atoms with Crippen LogP contribution >= 0.6 is 11.3 Å². The highest BCUT2D eigenvalue weighted by Crippen LogP contribution is 2.29. The zero-order valence-corrected chi connectivity index (χ0v) is 18.5. The van der Waals surface area contributed by atoms with Gasteiger partial charge in [0.05, 0.1) is 11.4 Å². The highest BCUT2D eigenvalue weighted by molar-refractivity contribution is 7.89. The number of hydrogen-bond donors (Lipinski definition) is 1. The zero-order valence-electron chi connectivity index (χ0n) is 16.8. The molecule has 0 bridgehead atoms. The lowest BCUT2D eigenvalue weighted by Gasteiger charge is -2.34. The molecule has 156 valence electrons. The maximum atomic E-state index is 13.1. The second-order valence-corrected chi connectivity index (χ2v) is 10.4. The van der Waals surface area contributed by atoms with E-state index in [9.17, 15) is 13.2 Å². The average Bonchev–Trinajstić information content (AvgIpc) is 3.21. The SMILES string of the molecule is CCS(=O)(=O)N1Cc2ccccc2CC1C(=O)Nc1nc(-c2ccc(C)cc2)cs1. The highest BCUT2D eigenvalue weighted by Gasteiger charge is 2.38. The normalized spacial score (nSPS) is 16.8. The molecule has 8 heteroatoms. The molecule has 1 N–H and O–H groups in total. The number of carbonyl (C=O) groups excluding carboxylic acids is 1. The van der Waals surface area contributed by atoms with E-state index >= 15 is 0 Å². The molecule has 2 heterocycles. The fraction of sp³-hybridized carbons (Fsp3) is 0.273. The first-order valence-corrected chi connectivity index (χ1v) is 12.3. The van der Waals surface area contributed by atoms with E-state index in [2.05, 4.69) is 10.3 Å². The molecule has 30 heavy (non-hydrogen) atoms. The lowest BCUT2D eigenvalue weighted by atomic mass is 9.95. The Morgan fingerprint density at radius 3 is 2.57 bits per heavy atom. The van der Waals surface area contributed by atoms with Crippen LogP contribution in [0.15, 0.2) is 53.9 Å². The standard InChI is InChI=1S/C22H23N3O3S2/c1-3-30(27,28)25-13-18-7-5-4-6-17(18)12-20(25)21(26)24-22-23-19(14-29-22)16-10-8-15(2)9-11-16/h4-11,14,20H,3,12-13H2,1-2H3,(H,23,24,26). The molecule has 6 nitrogen and oxygen atoms in total. The minimum atomic E-state index is -3.54. The van der Waals surface area contributed by atoms with E-state index < -0.39 is 16.1 Å². The van der Waals surface area contributed by atoms with E-state index in [0.29, 0.717) is 11.6 Å². The number of hydrogen-bond acceptors (Lipinski definition) is 5. The first-order valence-electron chi connectivity index (χ1n) is 9.77. The van der Waals surface area contributed by atoms with Gasteiger partial charge in [-0.05, 0) is 31.4 Å². The summed E-state index contributed by atoms with van der Waals surface area (Å²) in [7, 11) is -3.54. The summed E-state index contributed by atoms with van der Waals surface area (Å²) in [5.74, 6) is -0.403. The molecule has 1 aliphatic rings. The van der Waals surface area contributed by atoms with Crippen molar-refractivity contribution >= 4 is 32.4 Å². The number of aryl methyl sites for hydroxylation is 1. The number of sulfonamides is 1. The Kier molecular flexibility index (Phi) is 5.73. The fourth-order valence-corrected chi connectivity index (χ4v) is 5.51. The van der Waals surface area contributed by atoms with E-state index in [4.69, 9.17) is 0 Å². The number of carbonyl (C=O) groups is 1. The Hall–Kier alpha value is -2.55. The van der Waals surface area contributed by atoms with E-state index in [1.54, 1.807) is 6.92 Å². The number of anilines is 1. The monoisotopic (exact) mass is 441 g/mol. The summed E-state index contributed by atoms with van der Waals surface area (Å²) in [6, 6.07) is 14.9. The summed E-state index contributed by atoms with van der Waals surface area (Å²) in [4.78, 5) is 17.6. The van der Waals surface area contributed by atoms with Gasteiger partial charge in [0, 0.05) is 17.5 Å². The molecule has 1 aromatic heterocycles. The summed E-state index contributed by atoms with van der Waals surface area (Å²) in [5, 5.41) is 5.18. The first kappa shape index (κ1) is 20.7. The maximum Gasteiger partial charge on any atom is 0.244 e. The second-order valence-electron chi connectivity index (χ2n) is 7.33. The Morgan fingerprint density at radius 1 is 1.17 bits per heavy atom. The van der Waals surface area contributed by atoms with Crippen molar-refractivity contribution in [2.75, 3.05) is 11.1 Å². The van der Waals surface area contributed by atoms with E-state index in [0.717, 1.165) is 27.9 Å². The predicted molar refractivity (Wildman–Crippen MR) is 120 cm³/mol. The summed E-state index contributed by atoms with van der Waals surface area (Å²) >= 11 is 1.33. The van der Waals surface area contributed by atoms with Crippen LogP contribution in [-0.4, -0.2) is 35.4 Å². The van der Waals surface area contributed by atoms with Crippen LogP contribution in [0.4, 0.5) is 5.13 Å². The van der Waals surface area contributed by atoms with Crippen molar-refractivity contribution in [1.29, 1.82) is 0 Å². The van der Waals surface area contributed by atoms with Gasteiger partial charge >= 0.3 is 0 Å². The van der Waals surface area contributed by atoms with Crippen LogP contribution in [0.3, 0.4) is 0 Å². The third-order valence-corrected chi connectivity index (χ3v) is 7.90. The lowest BCUT2D eigenvalue weighted by Crippen LogP contribution is -2.51. The topological polar surface area (TPSA) is 79.4 Å². The molecule has 0 fully saturated rings. The van der Waals surface area contributed by atoms with Crippen molar-refractivity contribution < 1.29 is 13.2 Å². The molecule has 0 saturated carbocycles. The lowest BCUT2D eigenvalue weighted by molar-refractivity contribution is -0.120. The molecule has 2 aromatic carbocycles. The number of benzene rings is 2. The van der Waals surface area contributed by atoms with Crippen LogP contribution in [-0.2, 0) is 27.8 Å². The molecule has 0 spiro atoms. The van der Waals surface area contributed by atoms with Gasteiger partial charge in [-0.15, -0.1) is 11.3 Å². The number of fused-ring (bicyclic) bond motifs is 1. The van der Waals surface area contributed by atoms with Crippen LogP contribution in [0.5, 0.6) is 0 Å². The molecule has 1 amide bonds. The van der Waals surface area contributed by atoms with Crippen molar-refractivity contribution in [2.24, 2.45) is 0 Å². The number of nitrogens with zero attached hydrogens (tertiary/aromatic N) is 2. The van der Waals surface area contributed by atoms with Gasteiger partial charge in [0.2, 0.25) is 15.9 Å². The van der Waals surface area contributed by atoms with E-state index in [1.165, 1.54) is 15.6 Å². The molecular formula is C22H23N3O3S2. The summed E-state index contributed by atoms with van der Waals surface area (Å²) in [5.41, 5.74) is 4.85. The fourth-order valence-electron chi connectivity index (χ4n) is 3.56. The third kappa shape index (κ3) is 4.16. The molecule has 1 unspecified atom stereocenters. The van der Waals surface area contributed by atoms with Gasteiger partial charge in [-0.25, -0.2) is 13.4 Å². The quantitative estimate of drug-likeness (QED) is 0.653. The Balaban J connectivity index is 1.57. The van der Waals surface area contributed by atoms with Crippen molar-refractivity contribution in [3.8, 4) is 11.3 Å². The van der Waals surface area contributed by atoms with Gasteiger partial charge in [0.15, 0.2) is 5.13 Å². The van der Waals surface area contributed by atoms with Crippen LogP contribution < -0.4 is 5.32 Å². The van der Waals surface area contributed by atoms with Gasteiger partial charge in [-0.1, -0.05) is 54.1 Å². The van der Waals surface area contributed by atoms with Crippen molar-refractivity contribution in [1.82, 2.24) is 9.29 Å². The Labute approximate surface area is 180 Å². The molecule has 1 aliphatic heterocycles. The molecular weight excluding hydrogens is 418 g/mol. The average molecular weight is 442 g/mol. The molecule has 0 saturated heterocycles. The number of thiazole rings is 1. The predicted octanol–water partition coefficient (Wildman–Crippen LogP) is 3.83. The zero-order chi connectivity index (χ0) is 21.3. The number of nitrogens with one attached hydrogen (secondary N) is 1. The van der Waals surface area contributed by atoms with Crippen LogP contribution in [0, 0.1) is 6.92 Å². The van der Waals surface area contributed by atoms with E-state index in [1.807, 2.05) is 60.8 Å². The minimum Gasteiger partial charge on any atom is -0.301 e. The molecule has 0 aliphatic carbocycles. The smallest absolute Gasteiger partial charge is 0.244 e. The third-order valence-electron chi connectivity index (χ3n) is 5.31. The first-order chi connectivity index (χ1) is 14.4. The summed E-state index contributed by atoms with van der Waals surface area (Å²) in [6.07, 6.45) is 0.345. The Morgan fingerprint density at radius 2 is 1.87 bits per heavy atom. The largest absolute Gasteiger partial charge is 0.301 e. The number of amides is 1. The highest BCUT2D eigenvalue weighted by atomic mass is 32.2. The van der Waals surface area contributed by atoms with E-state index in [-0.39, 0.29) is 18.2 Å². The molecule has 4 rings (SSSR count). The van der Waals surface area contributed by atoms with Crippen LogP contribution in [0.1, 0.15) is 23.6 Å². The van der Waals surface area contributed by atoms with Gasteiger partial charge < -0.3 is 5.32 Å². The van der Waals surface area contributed by atoms with Crippen LogP contribution in [0.25, 0.3) is 11.3 Å². The van der Waals surface area contributed by atoms with Gasteiger partial charge in [0.1, 0.15) is 6.04 Å². The van der Waals surface area contributed by atoms with Crippen molar-refractivity contribution in [3.05, 3.63) is 70.6 Å². The van der Waals surface area contributed by atoms with Gasteiger partial charge in [-0.2, -0.15) is 4.31 Å². The summed E-state index contributed by atoms with van der Waals surface area (Å²) in [6.45, 7) is 3.82. The second kappa shape index (κ2) is 8.29. The van der Waals surface area contributed by atoms with Crippen molar-refractivity contribution in [3.63, 3.8) is 0 Å². The van der Waals surface area contributed by atoms with Gasteiger partial charge in [0.25, 0.3) is 0 Å². The summed E-state index contributed by atoms with van der Waals surface area (Å²) < 4.78 is 26.7. The Bertz CT molecular complexity index is 1170. The number of rotatable bonds is 5. The molecule has 3 aromatic rings. The van der Waals surface area contributed by atoms with Crippen molar-refractivity contribution in [2.45, 2.75) is 32.9 Å². The molecule has 0 radical (unpaired) electrons. The van der Waals surface area contributed by atoms with Gasteiger partial charge in [-0.3, -0.25) is 4.79 Å². The van der Waals surface area contributed by atoms with Crippen LogP contribution in [0.2, 0.25) is 0 Å². The maximum absolute atomic E-state index is 13.1. The molecule has 1 atom stereocenters. The number of aromatic nitrogens is 1.